The predicted octanol–water partition coefficient (Wildman–Crippen LogP) is 3.88. The highest BCUT2D eigenvalue weighted by Crippen LogP contribution is 2.30. The van der Waals surface area contributed by atoms with E-state index in [2.05, 4.69) is 9.88 Å². The minimum atomic E-state index is -0.804. The summed E-state index contributed by atoms with van der Waals surface area (Å²) in [5, 5.41) is 10.3. The second kappa shape index (κ2) is 6.94. The number of hydrogen-bond acceptors (Lipinski definition) is 4. The van der Waals surface area contributed by atoms with E-state index in [4.69, 9.17) is 4.42 Å². The van der Waals surface area contributed by atoms with Crippen LogP contribution in [0.3, 0.4) is 0 Å². The van der Waals surface area contributed by atoms with E-state index in [1.807, 2.05) is 24.3 Å². The van der Waals surface area contributed by atoms with E-state index >= 15 is 0 Å². The fourth-order valence-corrected chi connectivity index (χ4v) is 3.52. The molecular weight excluding hydrogens is 319 g/mol. The number of rotatable bonds is 4. The number of hydrogen-bond donors (Lipinski definition) is 1. The molecule has 1 atom stereocenters. The molecule has 3 aromatic rings. The molecule has 1 saturated heterocycles. The van der Waals surface area contributed by atoms with E-state index in [1.54, 1.807) is 18.2 Å². The largest absolute Gasteiger partial charge is 0.440 e. The summed E-state index contributed by atoms with van der Waals surface area (Å²) >= 11 is 0. The standard InChI is InChI=1S/C20H21FN2O2/c21-16-6-2-1-5-15(16)18(24)13-23-11-9-14(10-12-23)20-22-17-7-3-4-8-19(17)25-20/h1-8,14,18,24H,9-13H2/t18-/m0/s1. The van der Waals surface area contributed by atoms with Crippen LogP contribution < -0.4 is 0 Å². The number of oxazole rings is 1. The number of aromatic nitrogens is 1. The van der Waals surface area contributed by atoms with Crippen LogP contribution in [0, 0.1) is 5.82 Å². The molecule has 0 radical (unpaired) electrons. The summed E-state index contributed by atoms with van der Waals surface area (Å²) in [5.74, 6) is 0.751. The summed E-state index contributed by atoms with van der Waals surface area (Å²) in [4.78, 5) is 6.77. The minimum Gasteiger partial charge on any atom is -0.440 e. The molecular formula is C20H21FN2O2. The van der Waals surface area contributed by atoms with Crippen molar-refractivity contribution in [2.24, 2.45) is 0 Å². The van der Waals surface area contributed by atoms with Gasteiger partial charge in [-0.1, -0.05) is 30.3 Å². The van der Waals surface area contributed by atoms with Gasteiger partial charge >= 0.3 is 0 Å². The minimum absolute atomic E-state index is 0.300. The number of para-hydroxylation sites is 2. The van der Waals surface area contributed by atoms with Crippen LogP contribution in [-0.2, 0) is 0 Å². The molecule has 0 bridgehead atoms. The lowest BCUT2D eigenvalue weighted by Gasteiger charge is -2.32. The Morgan fingerprint density at radius 1 is 1.12 bits per heavy atom. The molecule has 0 amide bonds. The van der Waals surface area contributed by atoms with Crippen LogP contribution in [0.1, 0.15) is 36.3 Å². The van der Waals surface area contributed by atoms with Crippen LogP contribution in [0.2, 0.25) is 0 Å². The lowest BCUT2D eigenvalue weighted by molar-refractivity contribution is 0.0926. The molecule has 1 N–H and O–H groups in total. The number of benzene rings is 2. The van der Waals surface area contributed by atoms with Gasteiger partial charge in [-0.3, -0.25) is 0 Å². The van der Waals surface area contributed by atoms with Gasteiger partial charge in [-0.25, -0.2) is 9.37 Å². The van der Waals surface area contributed by atoms with Gasteiger partial charge in [0.15, 0.2) is 11.5 Å². The van der Waals surface area contributed by atoms with E-state index in [9.17, 15) is 9.50 Å². The fourth-order valence-electron chi connectivity index (χ4n) is 3.52. The molecule has 0 aliphatic carbocycles. The Kier molecular flexibility index (Phi) is 4.51. The van der Waals surface area contributed by atoms with Crippen molar-refractivity contribution >= 4 is 11.1 Å². The topological polar surface area (TPSA) is 49.5 Å². The lowest BCUT2D eigenvalue weighted by atomic mass is 9.96. The third-order valence-corrected chi connectivity index (χ3v) is 4.94. The Bertz CT molecular complexity index is 823. The van der Waals surface area contributed by atoms with Crippen LogP contribution in [-0.4, -0.2) is 34.6 Å². The third kappa shape index (κ3) is 3.43. The Morgan fingerprint density at radius 3 is 2.60 bits per heavy atom. The summed E-state index contributed by atoms with van der Waals surface area (Å²) in [6.45, 7) is 2.13. The van der Waals surface area contributed by atoms with Gasteiger partial charge in [-0.05, 0) is 44.1 Å². The van der Waals surface area contributed by atoms with Gasteiger partial charge in [0.1, 0.15) is 11.3 Å². The molecule has 2 aromatic carbocycles. The molecule has 5 heteroatoms. The van der Waals surface area contributed by atoms with Crippen molar-refractivity contribution in [2.75, 3.05) is 19.6 Å². The van der Waals surface area contributed by atoms with E-state index in [0.717, 1.165) is 42.9 Å². The van der Waals surface area contributed by atoms with Crippen LogP contribution in [0.15, 0.2) is 52.9 Å². The SMILES string of the molecule is O[C@@H](CN1CCC(c2nc3ccccc3o2)CC1)c1ccccc1F. The summed E-state index contributed by atoms with van der Waals surface area (Å²) < 4.78 is 19.7. The maximum absolute atomic E-state index is 13.8. The molecule has 1 aliphatic heterocycles. The van der Waals surface area contributed by atoms with Gasteiger partial charge < -0.3 is 14.4 Å². The first-order chi connectivity index (χ1) is 12.2. The molecule has 0 unspecified atom stereocenters. The van der Waals surface area contributed by atoms with Crippen LogP contribution in [0.5, 0.6) is 0 Å². The van der Waals surface area contributed by atoms with E-state index in [1.165, 1.54) is 6.07 Å². The average Bonchev–Trinajstić information content (AvgIpc) is 3.07. The normalized spacial score (nSPS) is 17.8. The van der Waals surface area contributed by atoms with Gasteiger partial charge in [0.05, 0.1) is 6.10 Å². The molecule has 130 valence electrons. The van der Waals surface area contributed by atoms with Gasteiger partial charge in [0, 0.05) is 18.0 Å². The third-order valence-electron chi connectivity index (χ3n) is 4.94. The highest BCUT2D eigenvalue weighted by Gasteiger charge is 2.26. The fraction of sp³-hybridized carbons (Fsp3) is 0.350. The average molecular weight is 340 g/mol. The summed E-state index contributed by atoms with van der Waals surface area (Å²) in [6, 6.07) is 14.2. The van der Waals surface area contributed by atoms with Gasteiger partial charge in [-0.15, -0.1) is 0 Å². The molecule has 4 rings (SSSR count). The number of piperidine rings is 1. The quantitative estimate of drug-likeness (QED) is 0.783. The van der Waals surface area contributed by atoms with Crippen molar-refractivity contribution in [1.29, 1.82) is 0 Å². The molecule has 2 heterocycles. The zero-order chi connectivity index (χ0) is 17.2. The number of aliphatic hydroxyl groups is 1. The first-order valence-corrected chi connectivity index (χ1v) is 8.71. The maximum Gasteiger partial charge on any atom is 0.198 e. The van der Waals surface area contributed by atoms with Gasteiger partial charge in [0.25, 0.3) is 0 Å². The molecule has 1 aliphatic rings. The smallest absolute Gasteiger partial charge is 0.198 e. The van der Waals surface area contributed by atoms with E-state index < -0.39 is 6.10 Å². The van der Waals surface area contributed by atoms with Gasteiger partial charge in [-0.2, -0.15) is 0 Å². The van der Waals surface area contributed by atoms with Crippen molar-refractivity contribution in [1.82, 2.24) is 9.88 Å². The van der Waals surface area contributed by atoms with Crippen molar-refractivity contribution in [3.63, 3.8) is 0 Å². The monoisotopic (exact) mass is 340 g/mol. The van der Waals surface area contributed by atoms with Gasteiger partial charge in [0.2, 0.25) is 0 Å². The summed E-state index contributed by atoms with van der Waals surface area (Å²) in [7, 11) is 0. The van der Waals surface area contributed by atoms with Crippen molar-refractivity contribution in [3.8, 4) is 0 Å². The maximum atomic E-state index is 13.8. The number of fused-ring (bicyclic) bond motifs is 1. The summed E-state index contributed by atoms with van der Waals surface area (Å²) in [6.07, 6.45) is 1.05. The first kappa shape index (κ1) is 16.2. The second-order valence-electron chi connectivity index (χ2n) is 6.63. The Morgan fingerprint density at radius 2 is 1.84 bits per heavy atom. The molecule has 0 spiro atoms. The Hall–Kier alpha value is -2.24. The zero-order valence-electron chi connectivity index (χ0n) is 13.9. The van der Waals surface area contributed by atoms with Crippen molar-refractivity contribution in [2.45, 2.75) is 24.9 Å². The predicted molar refractivity (Wildman–Crippen MR) is 93.8 cm³/mol. The van der Waals surface area contributed by atoms with Crippen molar-refractivity contribution in [3.05, 3.63) is 65.8 Å². The molecule has 4 nitrogen and oxygen atoms in total. The second-order valence-corrected chi connectivity index (χ2v) is 6.63. The Balaban J connectivity index is 1.37. The van der Waals surface area contributed by atoms with Crippen molar-refractivity contribution < 1.29 is 13.9 Å². The van der Waals surface area contributed by atoms with Crippen LogP contribution in [0.25, 0.3) is 11.1 Å². The number of aliphatic hydroxyl groups excluding tert-OH is 1. The number of halogens is 1. The highest BCUT2D eigenvalue weighted by atomic mass is 19.1. The Labute approximate surface area is 145 Å². The number of likely N-dealkylation sites (tertiary alicyclic amines) is 1. The number of β-amino-alcohol motifs (C(OH)–C–C–N with tert-alkyl or cyclic N) is 1. The highest BCUT2D eigenvalue weighted by molar-refractivity contribution is 5.72. The molecule has 0 saturated carbocycles. The molecule has 1 aromatic heterocycles. The zero-order valence-corrected chi connectivity index (χ0v) is 13.9. The number of nitrogens with zero attached hydrogens (tertiary/aromatic N) is 2. The van der Waals surface area contributed by atoms with Crippen LogP contribution >= 0.6 is 0 Å². The lowest BCUT2D eigenvalue weighted by Crippen LogP contribution is -2.36. The first-order valence-electron chi connectivity index (χ1n) is 8.71. The molecule has 1 fully saturated rings. The summed E-state index contributed by atoms with van der Waals surface area (Å²) in [5.41, 5.74) is 2.09. The van der Waals surface area contributed by atoms with Crippen LogP contribution in [0.4, 0.5) is 4.39 Å². The van der Waals surface area contributed by atoms with E-state index in [0.29, 0.717) is 18.0 Å². The van der Waals surface area contributed by atoms with E-state index in [-0.39, 0.29) is 5.82 Å². The molecule has 25 heavy (non-hydrogen) atoms.